The molecule has 0 bridgehead atoms. The number of benzene rings is 2. The lowest BCUT2D eigenvalue weighted by Gasteiger charge is -2.16. The number of hydrogen-bond donors (Lipinski definition) is 0. The summed E-state index contributed by atoms with van der Waals surface area (Å²) in [6.45, 7) is 17.5. The van der Waals surface area contributed by atoms with Gasteiger partial charge < -0.3 is 23.7 Å². The average Bonchev–Trinajstić information content (AvgIpc) is 2.83. The van der Waals surface area contributed by atoms with Crippen molar-refractivity contribution in [2.75, 3.05) is 33.4 Å². The van der Waals surface area contributed by atoms with E-state index in [4.69, 9.17) is 23.7 Å². The fourth-order valence-electron chi connectivity index (χ4n) is 3.23. The van der Waals surface area contributed by atoms with Crippen LogP contribution in [0.2, 0.25) is 51.4 Å². The Labute approximate surface area is 242 Å². The van der Waals surface area contributed by atoms with Gasteiger partial charge in [0.1, 0.15) is 11.5 Å². The number of ether oxygens (including phenoxy) is 5. The average molecular weight is 641 g/mol. The summed E-state index contributed by atoms with van der Waals surface area (Å²) in [4.78, 5) is 11.1. The smallest absolute Gasteiger partial charge is 0.311 e. The summed E-state index contributed by atoms with van der Waals surface area (Å²) in [6.07, 6.45) is 3.74. The number of rotatable bonds is 17. The van der Waals surface area contributed by atoms with Crippen molar-refractivity contribution in [1.29, 1.82) is 0 Å². The molecule has 216 valence electrons. The minimum atomic E-state index is -1.23. The molecule has 2 rings (SSSR count). The zero-order valence-electron chi connectivity index (χ0n) is 24.2. The molecule has 2 aromatic carbocycles. The molecular formula is C28H42BrNO7Si2. The van der Waals surface area contributed by atoms with E-state index >= 15 is 0 Å². The Balaban J connectivity index is 2.16. The fraction of sp³-hybridized carbons (Fsp3) is 0.500. The van der Waals surface area contributed by atoms with Gasteiger partial charge in [-0.3, -0.25) is 10.1 Å². The molecule has 0 saturated carbocycles. The Morgan fingerprint density at radius 3 is 2.03 bits per heavy atom. The highest BCUT2D eigenvalue weighted by Gasteiger charge is 2.17. The lowest BCUT2D eigenvalue weighted by Crippen LogP contribution is -2.22. The topological polar surface area (TPSA) is 89.3 Å². The van der Waals surface area contributed by atoms with Crippen LogP contribution in [0.3, 0.4) is 0 Å². The second-order valence-corrected chi connectivity index (χ2v) is 23.6. The maximum atomic E-state index is 11.5. The van der Waals surface area contributed by atoms with E-state index in [9.17, 15) is 10.1 Å². The number of hydrogen-bond acceptors (Lipinski definition) is 7. The van der Waals surface area contributed by atoms with Crippen LogP contribution in [-0.4, -0.2) is 54.5 Å². The molecule has 8 nitrogen and oxygen atoms in total. The molecular weight excluding hydrogens is 598 g/mol. The van der Waals surface area contributed by atoms with Crippen molar-refractivity contribution in [3.8, 4) is 17.2 Å². The van der Waals surface area contributed by atoms with Gasteiger partial charge in [-0.25, -0.2) is 0 Å². The van der Waals surface area contributed by atoms with Crippen LogP contribution in [-0.2, 0) is 9.47 Å². The summed E-state index contributed by atoms with van der Waals surface area (Å²) in [5.41, 5.74) is 1.46. The third-order valence-corrected chi connectivity index (χ3v) is 9.83. The summed E-state index contributed by atoms with van der Waals surface area (Å²) in [6, 6.07) is 10.5. The van der Waals surface area contributed by atoms with Crippen molar-refractivity contribution in [3.05, 3.63) is 56.0 Å². The SMILES string of the molecule is CCOc1cc(OCOCC[Si](C)(C)C)cc(C=Cc2ccc([N+](=O)[O-])c(OCOCC[Si](C)(C)C)c2)c1Br. The molecule has 0 aliphatic heterocycles. The van der Waals surface area contributed by atoms with Crippen LogP contribution in [0.25, 0.3) is 12.2 Å². The predicted molar refractivity (Wildman–Crippen MR) is 167 cm³/mol. The van der Waals surface area contributed by atoms with Gasteiger partial charge in [-0.1, -0.05) is 51.4 Å². The molecule has 2 aromatic rings. The second-order valence-electron chi connectivity index (χ2n) is 11.5. The molecule has 0 aromatic heterocycles. The van der Waals surface area contributed by atoms with Gasteiger partial charge in [0.2, 0.25) is 0 Å². The van der Waals surface area contributed by atoms with Crippen molar-refractivity contribution in [2.24, 2.45) is 0 Å². The third kappa shape index (κ3) is 12.7. The van der Waals surface area contributed by atoms with Crippen LogP contribution in [0.15, 0.2) is 34.8 Å². The lowest BCUT2D eigenvalue weighted by atomic mass is 10.1. The quantitative estimate of drug-likeness (QED) is 0.0429. The highest BCUT2D eigenvalue weighted by atomic mass is 79.9. The van der Waals surface area contributed by atoms with Gasteiger partial charge >= 0.3 is 5.69 Å². The summed E-state index contributed by atoms with van der Waals surface area (Å²) in [5.74, 6) is 1.44. The predicted octanol–water partition coefficient (Wildman–Crippen LogP) is 8.31. The van der Waals surface area contributed by atoms with Crippen LogP contribution < -0.4 is 14.2 Å². The number of nitro groups is 1. The zero-order valence-corrected chi connectivity index (χ0v) is 27.8. The van der Waals surface area contributed by atoms with Crippen molar-refractivity contribution in [3.63, 3.8) is 0 Å². The van der Waals surface area contributed by atoms with Gasteiger partial charge in [-0.2, -0.15) is 0 Å². The van der Waals surface area contributed by atoms with Crippen molar-refractivity contribution in [2.45, 2.75) is 58.3 Å². The maximum Gasteiger partial charge on any atom is 0.311 e. The minimum Gasteiger partial charge on any atom is -0.493 e. The molecule has 0 saturated heterocycles. The van der Waals surface area contributed by atoms with E-state index in [1.54, 1.807) is 12.1 Å². The highest BCUT2D eigenvalue weighted by Crippen LogP contribution is 2.35. The minimum absolute atomic E-state index is 0.0405. The second kappa shape index (κ2) is 15.6. The summed E-state index contributed by atoms with van der Waals surface area (Å²) in [7, 11) is -2.40. The van der Waals surface area contributed by atoms with Crippen LogP contribution in [0.5, 0.6) is 17.2 Å². The van der Waals surface area contributed by atoms with Crippen LogP contribution in [0.4, 0.5) is 5.69 Å². The first kappa shape index (κ1) is 33.0. The molecule has 0 N–H and O–H groups in total. The Morgan fingerprint density at radius 1 is 0.846 bits per heavy atom. The van der Waals surface area contributed by atoms with E-state index in [-0.39, 0.29) is 25.0 Å². The first-order valence-electron chi connectivity index (χ1n) is 13.1. The van der Waals surface area contributed by atoms with Crippen LogP contribution in [0, 0.1) is 10.1 Å². The molecule has 0 radical (unpaired) electrons. The fourth-order valence-corrected chi connectivity index (χ4v) is 5.22. The molecule has 0 atom stereocenters. The van der Waals surface area contributed by atoms with E-state index in [0.717, 1.165) is 27.7 Å². The lowest BCUT2D eigenvalue weighted by molar-refractivity contribution is -0.386. The summed E-state index contributed by atoms with van der Waals surface area (Å²) >= 11 is 3.63. The van der Waals surface area contributed by atoms with Gasteiger partial charge in [0, 0.05) is 41.5 Å². The summed E-state index contributed by atoms with van der Waals surface area (Å²) < 4.78 is 29.3. The highest BCUT2D eigenvalue weighted by molar-refractivity contribution is 9.10. The normalized spacial score (nSPS) is 12.1. The van der Waals surface area contributed by atoms with Crippen molar-refractivity contribution in [1.82, 2.24) is 0 Å². The molecule has 11 heteroatoms. The molecule has 0 aliphatic rings. The molecule has 0 heterocycles. The van der Waals surface area contributed by atoms with Gasteiger partial charge in [-0.15, -0.1) is 0 Å². The largest absolute Gasteiger partial charge is 0.493 e. The Hall–Kier alpha value is -2.19. The molecule has 0 unspecified atom stereocenters. The standard InChI is InChI=1S/C28H42BrNO7Si2/c1-8-35-27-19-24(36-20-33-13-15-38(2,3)4)18-23(28(27)29)11-9-22-10-12-25(30(31)32)26(17-22)37-21-34-14-16-39(5,6)7/h9-12,17-19H,8,13-16,20-21H2,1-7H3. The maximum absolute atomic E-state index is 11.5. The Bertz CT molecular complexity index is 1110. The Kier molecular flexibility index (Phi) is 13.2. The first-order chi connectivity index (χ1) is 18.3. The molecule has 0 spiro atoms. The molecule has 0 amide bonds. The van der Waals surface area contributed by atoms with E-state index in [2.05, 4.69) is 55.2 Å². The molecule has 0 aliphatic carbocycles. The molecule has 0 fully saturated rings. The van der Waals surface area contributed by atoms with E-state index in [0.29, 0.717) is 31.3 Å². The van der Waals surface area contributed by atoms with Gasteiger partial charge in [0.15, 0.2) is 19.3 Å². The van der Waals surface area contributed by atoms with E-state index in [1.807, 2.05) is 31.2 Å². The van der Waals surface area contributed by atoms with Crippen molar-refractivity contribution >= 4 is 49.9 Å². The van der Waals surface area contributed by atoms with Crippen LogP contribution >= 0.6 is 15.9 Å². The summed E-state index contributed by atoms with van der Waals surface area (Å²) in [5, 5.41) is 11.5. The number of nitro benzene ring substituents is 1. The number of nitrogens with zero attached hydrogens (tertiary/aromatic N) is 1. The van der Waals surface area contributed by atoms with Gasteiger partial charge in [0.25, 0.3) is 0 Å². The number of halogens is 1. The van der Waals surface area contributed by atoms with Crippen molar-refractivity contribution < 1.29 is 28.6 Å². The first-order valence-corrected chi connectivity index (χ1v) is 21.3. The van der Waals surface area contributed by atoms with Gasteiger partial charge in [0.05, 0.1) is 16.0 Å². The monoisotopic (exact) mass is 639 g/mol. The zero-order chi connectivity index (χ0) is 29.1. The van der Waals surface area contributed by atoms with Crippen LogP contribution in [0.1, 0.15) is 18.1 Å². The molecule has 39 heavy (non-hydrogen) atoms. The van der Waals surface area contributed by atoms with E-state index in [1.165, 1.54) is 6.07 Å². The van der Waals surface area contributed by atoms with Gasteiger partial charge in [-0.05, 0) is 64.3 Å². The Morgan fingerprint density at radius 2 is 1.46 bits per heavy atom. The third-order valence-electron chi connectivity index (χ3n) is 5.58. The van der Waals surface area contributed by atoms with E-state index < -0.39 is 21.1 Å².